The maximum Gasteiger partial charge on any atom is 0.416 e. The highest BCUT2D eigenvalue weighted by Gasteiger charge is 2.30. The van der Waals surface area contributed by atoms with Gasteiger partial charge in [0.2, 0.25) is 10.0 Å². The number of alkyl halides is 3. The number of ether oxygens (including phenoxy) is 1. The lowest BCUT2D eigenvalue weighted by atomic mass is 10.1. The third kappa shape index (κ3) is 5.79. The van der Waals surface area contributed by atoms with E-state index in [1.807, 2.05) is 4.72 Å². The summed E-state index contributed by atoms with van der Waals surface area (Å²) in [5.41, 5.74) is -0.313. The van der Waals surface area contributed by atoms with Crippen molar-refractivity contribution in [2.24, 2.45) is 0 Å². The normalized spacial score (nSPS) is 11.8. The van der Waals surface area contributed by atoms with Crippen molar-refractivity contribution in [2.75, 3.05) is 6.26 Å². The maximum absolute atomic E-state index is 12.6. The summed E-state index contributed by atoms with van der Waals surface area (Å²) in [6.07, 6.45) is -3.57. The lowest BCUT2D eigenvalue weighted by molar-refractivity contribution is -0.137. The van der Waals surface area contributed by atoms with Gasteiger partial charge in [0.25, 0.3) is 5.91 Å². The van der Waals surface area contributed by atoms with E-state index in [1.54, 1.807) is 0 Å². The number of carbonyl (C=O) groups is 1. The van der Waals surface area contributed by atoms with Gasteiger partial charge < -0.3 is 4.74 Å². The van der Waals surface area contributed by atoms with Gasteiger partial charge in [-0.25, -0.2) is 13.1 Å². The van der Waals surface area contributed by atoms with Crippen molar-refractivity contribution in [2.45, 2.75) is 12.8 Å². The van der Waals surface area contributed by atoms with E-state index >= 15 is 0 Å². The van der Waals surface area contributed by atoms with E-state index in [0.717, 1.165) is 18.4 Å². The second-order valence-corrected chi connectivity index (χ2v) is 6.96. The number of benzene rings is 2. The van der Waals surface area contributed by atoms with Gasteiger partial charge in [0.1, 0.15) is 12.4 Å². The van der Waals surface area contributed by atoms with Crippen LogP contribution in [0.5, 0.6) is 5.75 Å². The molecular formula is C16H14F3NO4S. The second kappa shape index (κ2) is 7.14. The molecule has 5 nitrogen and oxygen atoms in total. The number of carbonyl (C=O) groups excluding carboxylic acids is 1. The van der Waals surface area contributed by atoms with Crippen LogP contribution in [0.4, 0.5) is 13.2 Å². The van der Waals surface area contributed by atoms with E-state index < -0.39 is 27.7 Å². The van der Waals surface area contributed by atoms with Gasteiger partial charge in [-0.15, -0.1) is 0 Å². The van der Waals surface area contributed by atoms with Crippen molar-refractivity contribution in [3.05, 3.63) is 65.2 Å². The molecule has 2 aromatic carbocycles. The predicted octanol–water partition coefficient (Wildman–Crippen LogP) is 2.97. The minimum atomic E-state index is -4.43. The van der Waals surface area contributed by atoms with E-state index in [1.165, 1.54) is 36.4 Å². The van der Waals surface area contributed by atoms with E-state index in [9.17, 15) is 26.4 Å². The molecule has 0 bridgehead atoms. The van der Waals surface area contributed by atoms with Crippen LogP contribution in [0.3, 0.4) is 0 Å². The van der Waals surface area contributed by atoms with Gasteiger partial charge in [-0.3, -0.25) is 4.79 Å². The number of sulfonamides is 1. The van der Waals surface area contributed by atoms with Crippen molar-refractivity contribution in [3.8, 4) is 5.75 Å². The van der Waals surface area contributed by atoms with E-state index in [-0.39, 0.29) is 12.2 Å². The number of amides is 1. The highest BCUT2D eigenvalue weighted by molar-refractivity contribution is 7.89. The third-order valence-electron chi connectivity index (χ3n) is 3.05. The highest BCUT2D eigenvalue weighted by atomic mass is 32.2. The Morgan fingerprint density at radius 3 is 2.32 bits per heavy atom. The fourth-order valence-corrected chi connectivity index (χ4v) is 2.39. The van der Waals surface area contributed by atoms with Crippen LogP contribution in [-0.2, 0) is 22.8 Å². The van der Waals surface area contributed by atoms with Crippen LogP contribution in [0.15, 0.2) is 48.5 Å². The summed E-state index contributed by atoms with van der Waals surface area (Å²) in [7, 11) is -3.67. The van der Waals surface area contributed by atoms with Gasteiger partial charge in [0, 0.05) is 5.56 Å². The molecule has 2 rings (SSSR count). The quantitative estimate of drug-likeness (QED) is 0.875. The van der Waals surface area contributed by atoms with Gasteiger partial charge in [0.05, 0.1) is 11.8 Å². The van der Waals surface area contributed by atoms with Crippen LogP contribution in [0.2, 0.25) is 0 Å². The molecule has 1 N–H and O–H groups in total. The Bertz CT molecular complexity index is 862. The fourth-order valence-electron chi connectivity index (χ4n) is 1.93. The predicted molar refractivity (Wildman–Crippen MR) is 84.5 cm³/mol. The summed E-state index contributed by atoms with van der Waals surface area (Å²) in [6, 6.07) is 10.3. The average molecular weight is 373 g/mol. The number of hydrogen-bond acceptors (Lipinski definition) is 4. The molecule has 0 atom stereocenters. The van der Waals surface area contributed by atoms with Gasteiger partial charge in [-0.2, -0.15) is 13.2 Å². The van der Waals surface area contributed by atoms with Crippen molar-refractivity contribution >= 4 is 15.9 Å². The molecule has 0 saturated heterocycles. The van der Waals surface area contributed by atoms with Crippen LogP contribution in [-0.4, -0.2) is 20.6 Å². The van der Waals surface area contributed by atoms with Gasteiger partial charge in [-0.1, -0.05) is 12.1 Å². The summed E-state index contributed by atoms with van der Waals surface area (Å²) in [5.74, 6) is -0.458. The van der Waals surface area contributed by atoms with Crippen molar-refractivity contribution in [3.63, 3.8) is 0 Å². The zero-order valence-corrected chi connectivity index (χ0v) is 13.8. The van der Waals surface area contributed by atoms with Crippen LogP contribution >= 0.6 is 0 Å². The molecule has 0 fully saturated rings. The molecule has 9 heteroatoms. The lowest BCUT2D eigenvalue weighted by Crippen LogP contribution is -2.29. The first-order valence-electron chi connectivity index (χ1n) is 6.96. The highest BCUT2D eigenvalue weighted by Crippen LogP contribution is 2.29. The monoisotopic (exact) mass is 373 g/mol. The average Bonchev–Trinajstić information content (AvgIpc) is 2.51. The first-order chi connectivity index (χ1) is 11.5. The lowest BCUT2D eigenvalue weighted by Gasteiger charge is -2.10. The first-order valence-corrected chi connectivity index (χ1v) is 8.85. The molecule has 0 saturated carbocycles. The first kappa shape index (κ1) is 18.8. The van der Waals surface area contributed by atoms with Gasteiger partial charge >= 0.3 is 6.18 Å². The molecule has 0 aliphatic heterocycles. The molecule has 0 spiro atoms. The van der Waals surface area contributed by atoms with Crippen molar-refractivity contribution in [1.82, 2.24) is 4.72 Å². The number of rotatable bonds is 5. The minimum absolute atomic E-state index is 0.0845. The molecule has 0 aromatic heterocycles. The molecule has 0 aliphatic carbocycles. The molecule has 0 aliphatic rings. The van der Waals surface area contributed by atoms with Crippen LogP contribution in [0, 0.1) is 0 Å². The number of hydrogen-bond donors (Lipinski definition) is 1. The molecule has 0 unspecified atom stereocenters. The summed E-state index contributed by atoms with van der Waals surface area (Å²) in [6.45, 7) is -0.0845. The van der Waals surface area contributed by atoms with Crippen LogP contribution in [0.1, 0.15) is 21.5 Å². The Balaban J connectivity index is 2.02. The van der Waals surface area contributed by atoms with Crippen molar-refractivity contribution < 1.29 is 31.1 Å². The molecule has 0 radical (unpaired) electrons. The van der Waals surface area contributed by atoms with Gasteiger partial charge in [-0.05, 0) is 42.0 Å². The van der Waals surface area contributed by atoms with E-state index in [4.69, 9.17) is 4.74 Å². The molecular weight excluding hydrogens is 359 g/mol. The SMILES string of the molecule is CS(=O)(=O)NC(=O)c1ccc(OCc2cccc(C(F)(F)F)c2)cc1. The number of halogens is 3. The molecule has 1 amide bonds. The van der Waals surface area contributed by atoms with E-state index in [0.29, 0.717) is 11.3 Å². The third-order valence-corrected chi connectivity index (χ3v) is 3.61. The maximum atomic E-state index is 12.6. The minimum Gasteiger partial charge on any atom is -0.489 e. The standard InChI is InChI=1S/C16H14F3NO4S/c1-25(22,23)20-15(21)12-5-7-14(8-6-12)24-10-11-3-2-4-13(9-11)16(17,18)19/h2-9H,10H2,1H3,(H,20,21). The zero-order chi connectivity index (χ0) is 18.7. The van der Waals surface area contributed by atoms with Crippen LogP contribution < -0.4 is 9.46 Å². The Morgan fingerprint density at radius 1 is 1.12 bits per heavy atom. The van der Waals surface area contributed by atoms with Crippen molar-refractivity contribution in [1.29, 1.82) is 0 Å². The second-order valence-electron chi connectivity index (χ2n) is 5.21. The Labute approximate surface area is 142 Å². The largest absolute Gasteiger partial charge is 0.489 e. The molecule has 134 valence electrons. The summed E-state index contributed by atoms with van der Waals surface area (Å²) in [4.78, 5) is 11.6. The summed E-state index contributed by atoms with van der Waals surface area (Å²) < 4.78 is 67.1. The number of nitrogens with one attached hydrogen (secondary N) is 1. The summed E-state index contributed by atoms with van der Waals surface area (Å²) >= 11 is 0. The molecule has 25 heavy (non-hydrogen) atoms. The van der Waals surface area contributed by atoms with E-state index in [2.05, 4.69) is 0 Å². The van der Waals surface area contributed by atoms with Crippen LogP contribution in [0.25, 0.3) is 0 Å². The smallest absolute Gasteiger partial charge is 0.416 e. The van der Waals surface area contributed by atoms with Gasteiger partial charge in [0.15, 0.2) is 0 Å². The fraction of sp³-hybridized carbons (Fsp3) is 0.188. The Morgan fingerprint density at radius 2 is 1.76 bits per heavy atom. The zero-order valence-electron chi connectivity index (χ0n) is 13.0. The topological polar surface area (TPSA) is 72.5 Å². The Hall–Kier alpha value is -2.55. The summed E-state index contributed by atoms with van der Waals surface area (Å²) in [5, 5.41) is 0. The Kier molecular flexibility index (Phi) is 5.36. The molecule has 0 heterocycles. The molecule has 2 aromatic rings.